The van der Waals surface area contributed by atoms with E-state index in [9.17, 15) is 0 Å². The number of nitrogens with one attached hydrogen (secondary N) is 1. The molecule has 70 valence electrons. The van der Waals surface area contributed by atoms with Gasteiger partial charge in [0.2, 0.25) is 0 Å². The molecule has 0 spiro atoms. The zero-order chi connectivity index (χ0) is 9.14. The van der Waals surface area contributed by atoms with Crippen LogP contribution in [0.1, 0.15) is 6.92 Å². The van der Waals surface area contributed by atoms with Crippen LogP contribution in [0.15, 0.2) is 0 Å². The van der Waals surface area contributed by atoms with E-state index in [4.69, 9.17) is 12.2 Å². The van der Waals surface area contributed by atoms with Gasteiger partial charge in [-0.15, -0.1) is 0 Å². The molecule has 1 N–H and O–H groups in total. The summed E-state index contributed by atoms with van der Waals surface area (Å²) < 4.78 is 0. The van der Waals surface area contributed by atoms with E-state index in [1.165, 1.54) is 0 Å². The smallest absolute Gasteiger partial charge is 0.169 e. The quantitative estimate of drug-likeness (QED) is 0.543. The lowest BCUT2D eigenvalue weighted by Gasteiger charge is -2.39. The van der Waals surface area contributed by atoms with Gasteiger partial charge in [0.1, 0.15) is 0 Å². The van der Waals surface area contributed by atoms with Crippen LogP contribution in [0.2, 0.25) is 0 Å². The van der Waals surface area contributed by atoms with Gasteiger partial charge < -0.3 is 15.1 Å². The molecule has 1 aliphatic rings. The third-order valence-electron chi connectivity index (χ3n) is 2.31. The van der Waals surface area contributed by atoms with Gasteiger partial charge in [-0.05, 0) is 26.2 Å². The molecule has 1 unspecified atom stereocenters. The normalized spacial score (nSPS) is 25.6. The van der Waals surface area contributed by atoms with Crippen LogP contribution in [0.3, 0.4) is 0 Å². The average Bonchev–Trinajstić information content (AvgIpc) is 2.03. The molecule has 1 heterocycles. The maximum atomic E-state index is 5.19. The average molecular weight is 187 g/mol. The van der Waals surface area contributed by atoms with Gasteiger partial charge in [0.05, 0.1) is 0 Å². The zero-order valence-electron chi connectivity index (χ0n) is 8.00. The summed E-state index contributed by atoms with van der Waals surface area (Å²) in [5.41, 5.74) is 0. The number of thiocarbonyl (C=S) groups is 1. The van der Waals surface area contributed by atoms with Crippen LogP contribution in [0.4, 0.5) is 0 Å². The van der Waals surface area contributed by atoms with Crippen molar-refractivity contribution in [1.82, 2.24) is 15.1 Å². The molecule has 4 heteroatoms. The second kappa shape index (κ2) is 4.05. The largest absolute Gasteiger partial charge is 0.366 e. The Balaban J connectivity index is 2.50. The molecule has 1 aliphatic heterocycles. The Labute approximate surface area is 79.7 Å². The lowest BCUT2D eigenvalue weighted by Crippen LogP contribution is -2.54. The monoisotopic (exact) mass is 187 g/mol. The van der Waals surface area contributed by atoms with Gasteiger partial charge in [0.15, 0.2) is 5.11 Å². The van der Waals surface area contributed by atoms with Crippen molar-refractivity contribution in [3.05, 3.63) is 0 Å². The van der Waals surface area contributed by atoms with Crippen molar-refractivity contribution >= 4 is 17.3 Å². The van der Waals surface area contributed by atoms with E-state index in [0.29, 0.717) is 6.04 Å². The Kier molecular flexibility index (Phi) is 3.29. The first-order valence-electron chi connectivity index (χ1n) is 4.32. The van der Waals surface area contributed by atoms with Gasteiger partial charge in [-0.1, -0.05) is 0 Å². The standard InChI is InChI=1S/C8H17N3S/c1-7-6-10(3)4-5-11(7)8(12)9-2/h7H,4-6H2,1-3H3,(H,9,12). The van der Waals surface area contributed by atoms with E-state index in [1.54, 1.807) is 0 Å². The molecule has 1 atom stereocenters. The molecule has 12 heavy (non-hydrogen) atoms. The van der Waals surface area contributed by atoms with Crippen molar-refractivity contribution in [2.24, 2.45) is 0 Å². The summed E-state index contributed by atoms with van der Waals surface area (Å²) in [6, 6.07) is 0.531. The second-order valence-electron chi connectivity index (χ2n) is 3.36. The summed E-state index contributed by atoms with van der Waals surface area (Å²) in [5, 5.41) is 3.89. The lowest BCUT2D eigenvalue weighted by atomic mass is 10.2. The van der Waals surface area contributed by atoms with Crippen LogP contribution in [-0.4, -0.2) is 54.7 Å². The number of rotatable bonds is 0. The molecule has 1 fully saturated rings. The first-order chi connectivity index (χ1) is 5.65. The minimum Gasteiger partial charge on any atom is -0.366 e. The molecule has 3 nitrogen and oxygen atoms in total. The minimum absolute atomic E-state index is 0.531. The van der Waals surface area contributed by atoms with Crippen LogP contribution < -0.4 is 5.32 Å². The molecule has 0 amide bonds. The van der Waals surface area contributed by atoms with E-state index in [1.807, 2.05) is 7.05 Å². The van der Waals surface area contributed by atoms with E-state index in [-0.39, 0.29) is 0 Å². The maximum Gasteiger partial charge on any atom is 0.169 e. The van der Waals surface area contributed by atoms with Crippen LogP contribution in [0, 0.1) is 0 Å². The first kappa shape index (κ1) is 9.74. The highest BCUT2D eigenvalue weighted by molar-refractivity contribution is 7.80. The van der Waals surface area contributed by atoms with Crippen molar-refractivity contribution in [2.45, 2.75) is 13.0 Å². The van der Waals surface area contributed by atoms with Gasteiger partial charge in [-0.3, -0.25) is 0 Å². The lowest BCUT2D eigenvalue weighted by molar-refractivity contribution is 0.161. The van der Waals surface area contributed by atoms with Crippen molar-refractivity contribution < 1.29 is 0 Å². The highest BCUT2D eigenvalue weighted by atomic mass is 32.1. The van der Waals surface area contributed by atoms with Crippen LogP contribution in [0.25, 0.3) is 0 Å². The Hall–Kier alpha value is -0.350. The highest BCUT2D eigenvalue weighted by Crippen LogP contribution is 2.07. The summed E-state index contributed by atoms with van der Waals surface area (Å²) in [6.45, 7) is 5.45. The molecule has 0 bridgehead atoms. The van der Waals surface area contributed by atoms with Gasteiger partial charge in [0.25, 0.3) is 0 Å². The molecular weight excluding hydrogens is 170 g/mol. The molecular formula is C8H17N3S. The van der Waals surface area contributed by atoms with Gasteiger partial charge >= 0.3 is 0 Å². The SMILES string of the molecule is CNC(=S)N1CCN(C)CC1C. The topological polar surface area (TPSA) is 18.5 Å². The molecule has 1 saturated heterocycles. The fourth-order valence-electron chi connectivity index (χ4n) is 1.59. The maximum absolute atomic E-state index is 5.19. The van der Waals surface area contributed by atoms with Crippen molar-refractivity contribution in [3.8, 4) is 0 Å². The summed E-state index contributed by atoms with van der Waals surface area (Å²) in [7, 11) is 4.03. The van der Waals surface area contributed by atoms with E-state index >= 15 is 0 Å². The highest BCUT2D eigenvalue weighted by Gasteiger charge is 2.22. The molecule has 0 aliphatic carbocycles. The molecule has 0 aromatic carbocycles. The Bertz CT molecular complexity index is 172. The third-order valence-corrected chi connectivity index (χ3v) is 2.74. The predicted octanol–water partition coefficient (Wildman–Crippen LogP) is 0.127. The summed E-state index contributed by atoms with van der Waals surface area (Å²) >= 11 is 5.19. The number of hydrogen-bond acceptors (Lipinski definition) is 2. The fraction of sp³-hybridized carbons (Fsp3) is 0.875. The van der Waals surface area contributed by atoms with Crippen molar-refractivity contribution in [2.75, 3.05) is 33.7 Å². The Morgan fingerprint density at radius 1 is 1.50 bits per heavy atom. The number of likely N-dealkylation sites (N-methyl/N-ethyl adjacent to an activating group) is 1. The van der Waals surface area contributed by atoms with Crippen molar-refractivity contribution in [3.63, 3.8) is 0 Å². The molecule has 0 aromatic rings. The van der Waals surface area contributed by atoms with Crippen LogP contribution >= 0.6 is 12.2 Å². The minimum atomic E-state index is 0.531. The number of hydrogen-bond donors (Lipinski definition) is 1. The van der Waals surface area contributed by atoms with E-state index in [2.05, 4.69) is 29.1 Å². The summed E-state index contributed by atoms with van der Waals surface area (Å²) in [5.74, 6) is 0. The van der Waals surface area contributed by atoms with Gasteiger partial charge in [-0.25, -0.2) is 0 Å². The second-order valence-corrected chi connectivity index (χ2v) is 3.75. The van der Waals surface area contributed by atoms with Gasteiger partial charge in [-0.2, -0.15) is 0 Å². The van der Waals surface area contributed by atoms with Crippen LogP contribution in [-0.2, 0) is 0 Å². The Morgan fingerprint density at radius 2 is 2.17 bits per heavy atom. The third kappa shape index (κ3) is 2.08. The summed E-state index contributed by atoms with van der Waals surface area (Å²) in [4.78, 5) is 4.58. The van der Waals surface area contributed by atoms with Crippen molar-refractivity contribution in [1.29, 1.82) is 0 Å². The van der Waals surface area contributed by atoms with Crippen LogP contribution in [0.5, 0.6) is 0 Å². The summed E-state index contributed by atoms with van der Waals surface area (Å²) in [6.07, 6.45) is 0. The predicted molar refractivity (Wildman–Crippen MR) is 55.3 cm³/mol. The molecule has 0 aromatic heterocycles. The number of nitrogens with zero attached hydrogens (tertiary/aromatic N) is 2. The molecule has 0 radical (unpaired) electrons. The van der Waals surface area contributed by atoms with Gasteiger partial charge in [0, 0.05) is 32.7 Å². The van der Waals surface area contributed by atoms with E-state index in [0.717, 1.165) is 24.7 Å². The molecule has 1 rings (SSSR count). The molecule has 0 saturated carbocycles. The van der Waals surface area contributed by atoms with E-state index < -0.39 is 0 Å². The number of piperazine rings is 1. The fourth-order valence-corrected chi connectivity index (χ4v) is 1.86. The first-order valence-corrected chi connectivity index (χ1v) is 4.73. The Morgan fingerprint density at radius 3 is 2.67 bits per heavy atom. The zero-order valence-corrected chi connectivity index (χ0v) is 8.82.